The number of piperidine rings is 1. The molecule has 1 aliphatic rings. The Hall–Kier alpha value is -1.75. The van der Waals surface area contributed by atoms with Crippen LogP contribution in [-0.2, 0) is 6.42 Å². The van der Waals surface area contributed by atoms with Crippen molar-refractivity contribution in [2.24, 2.45) is 16.8 Å². The average Bonchev–Trinajstić information content (AvgIpc) is 2.65. The van der Waals surface area contributed by atoms with E-state index in [9.17, 15) is 0 Å². The highest BCUT2D eigenvalue weighted by atomic mass is 16.5. The van der Waals surface area contributed by atoms with E-state index in [2.05, 4.69) is 59.5 Å². The molecule has 2 N–H and O–H groups in total. The third-order valence-electron chi connectivity index (χ3n) is 5.19. The molecule has 1 unspecified atom stereocenters. The van der Waals surface area contributed by atoms with Gasteiger partial charge >= 0.3 is 0 Å². The second kappa shape index (κ2) is 11.2. The number of guanidine groups is 1. The molecule has 1 atom stereocenters. The Balaban J connectivity index is 1.73. The van der Waals surface area contributed by atoms with Crippen LogP contribution < -0.4 is 15.4 Å². The number of benzene rings is 1. The molecule has 1 aliphatic heterocycles. The summed E-state index contributed by atoms with van der Waals surface area (Å²) >= 11 is 0. The molecular weight excluding hydrogens is 336 g/mol. The number of aliphatic imine (C=N–C) groups is 1. The minimum atomic E-state index is 0.706. The van der Waals surface area contributed by atoms with Crippen molar-refractivity contribution in [1.29, 1.82) is 0 Å². The molecule has 27 heavy (non-hydrogen) atoms. The van der Waals surface area contributed by atoms with Gasteiger partial charge in [0.05, 0.1) is 7.11 Å². The topological polar surface area (TPSA) is 48.9 Å². The molecule has 1 heterocycles. The lowest BCUT2D eigenvalue weighted by Gasteiger charge is -2.34. The number of nitrogens with one attached hydrogen (secondary N) is 2. The van der Waals surface area contributed by atoms with E-state index >= 15 is 0 Å². The van der Waals surface area contributed by atoms with E-state index in [0.717, 1.165) is 37.1 Å². The molecule has 0 amide bonds. The van der Waals surface area contributed by atoms with Gasteiger partial charge in [0.15, 0.2) is 5.96 Å². The quantitative estimate of drug-likeness (QED) is 0.542. The van der Waals surface area contributed by atoms with Gasteiger partial charge in [0.2, 0.25) is 0 Å². The summed E-state index contributed by atoms with van der Waals surface area (Å²) < 4.78 is 5.41. The van der Waals surface area contributed by atoms with Crippen LogP contribution >= 0.6 is 0 Å². The fraction of sp³-hybridized carbons (Fsp3) is 0.682. The van der Waals surface area contributed by atoms with Crippen LogP contribution in [0.5, 0.6) is 5.75 Å². The van der Waals surface area contributed by atoms with Gasteiger partial charge in [-0.3, -0.25) is 4.99 Å². The van der Waals surface area contributed by atoms with Crippen LogP contribution in [0, 0.1) is 18.8 Å². The van der Waals surface area contributed by atoms with Crippen LogP contribution in [0.4, 0.5) is 0 Å². The number of nitrogens with zero attached hydrogens (tertiary/aromatic N) is 2. The summed E-state index contributed by atoms with van der Waals surface area (Å²) in [6.45, 7) is 12.2. The number of likely N-dealkylation sites (tertiary alicyclic amines) is 1. The highest BCUT2D eigenvalue weighted by Crippen LogP contribution is 2.19. The van der Waals surface area contributed by atoms with Crippen molar-refractivity contribution in [3.63, 3.8) is 0 Å². The number of aryl methyl sites for hydroxylation is 1. The van der Waals surface area contributed by atoms with Gasteiger partial charge in [-0.15, -0.1) is 0 Å². The molecule has 5 nitrogen and oxygen atoms in total. The van der Waals surface area contributed by atoms with E-state index in [0.29, 0.717) is 5.92 Å². The predicted octanol–water partition coefficient (Wildman–Crippen LogP) is 3.08. The van der Waals surface area contributed by atoms with Crippen LogP contribution in [0.1, 0.15) is 37.8 Å². The first-order valence-corrected chi connectivity index (χ1v) is 10.3. The first-order valence-electron chi connectivity index (χ1n) is 10.3. The van der Waals surface area contributed by atoms with Gasteiger partial charge in [0, 0.05) is 33.2 Å². The SMILES string of the molecule is CN=C(NCCc1ccc(C)c(OC)c1)NCC1CCCN(CC(C)C)C1. The van der Waals surface area contributed by atoms with E-state index < -0.39 is 0 Å². The molecule has 2 rings (SSSR count). The molecule has 0 saturated carbocycles. The lowest BCUT2D eigenvalue weighted by Crippen LogP contribution is -2.45. The molecule has 1 saturated heterocycles. The molecule has 0 bridgehead atoms. The zero-order valence-electron chi connectivity index (χ0n) is 17.8. The third kappa shape index (κ3) is 7.41. The van der Waals surface area contributed by atoms with Gasteiger partial charge < -0.3 is 20.3 Å². The first-order chi connectivity index (χ1) is 13.0. The van der Waals surface area contributed by atoms with Crippen molar-refractivity contribution in [3.05, 3.63) is 29.3 Å². The van der Waals surface area contributed by atoms with Crippen molar-refractivity contribution in [2.45, 2.75) is 40.0 Å². The summed E-state index contributed by atoms with van der Waals surface area (Å²) in [5, 5.41) is 6.96. The summed E-state index contributed by atoms with van der Waals surface area (Å²) in [5.41, 5.74) is 2.45. The molecule has 0 radical (unpaired) electrons. The summed E-state index contributed by atoms with van der Waals surface area (Å²) in [6.07, 6.45) is 3.56. The smallest absolute Gasteiger partial charge is 0.190 e. The molecule has 1 aromatic rings. The zero-order valence-corrected chi connectivity index (χ0v) is 17.8. The van der Waals surface area contributed by atoms with Gasteiger partial charge in [-0.2, -0.15) is 0 Å². The van der Waals surface area contributed by atoms with Crippen LogP contribution in [0.3, 0.4) is 0 Å². The van der Waals surface area contributed by atoms with Crippen molar-refractivity contribution in [1.82, 2.24) is 15.5 Å². The van der Waals surface area contributed by atoms with Crippen molar-refractivity contribution in [3.8, 4) is 5.75 Å². The predicted molar refractivity (Wildman–Crippen MR) is 115 cm³/mol. The Morgan fingerprint density at radius 1 is 1.33 bits per heavy atom. The molecular formula is C22H38N4O. The summed E-state index contributed by atoms with van der Waals surface area (Å²) in [4.78, 5) is 6.99. The third-order valence-corrected chi connectivity index (χ3v) is 5.19. The van der Waals surface area contributed by atoms with Gasteiger partial charge in [-0.1, -0.05) is 26.0 Å². The molecule has 0 spiro atoms. The lowest BCUT2D eigenvalue weighted by atomic mass is 9.97. The Bertz CT molecular complexity index is 600. The minimum absolute atomic E-state index is 0.706. The second-order valence-electron chi connectivity index (χ2n) is 8.10. The number of methoxy groups -OCH3 is 1. The van der Waals surface area contributed by atoms with Gasteiger partial charge in [0.25, 0.3) is 0 Å². The largest absolute Gasteiger partial charge is 0.496 e. The Kier molecular flexibility index (Phi) is 8.92. The maximum absolute atomic E-state index is 5.41. The van der Waals surface area contributed by atoms with Crippen molar-refractivity contribution < 1.29 is 4.74 Å². The summed E-state index contributed by atoms with van der Waals surface area (Å²) in [7, 11) is 3.57. The monoisotopic (exact) mass is 374 g/mol. The molecule has 5 heteroatoms. The average molecular weight is 375 g/mol. The van der Waals surface area contributed by atoms with E-state index in [1.807, 2.05) is 7.05 Å². The second-order valence-corrected chi connectivity index (χ2v) is 8.10. The van der Waals surface area contributed by atoms with Crippen LogP contribution in [0.25, 0.3) is 0 Å². The van der Waals surface area contributed by atoms with Crippen molar-refractivity contribution in [2.75, 3.05) is 46.9 Å². The Morgan fingerprint density at radius 3 is 2.85 bits per heavy atom. The molecule has 0 aromatic heterocycles. The number of hydrogen-bond acceptors (Lipinski definition) is 3. The minimum Gasteiger partial charge on any atom is -0.496 e. The van der Waals surface area contributed by atoms with Crippen LogP contribution in [0.15, 0.2) is 23.2 Å². The normalized spacial score (nSPS) is 18.6. The number of ether oxygens (including phenoxy) is 1. The molecule has 152 valence electrons. The Labute approximate surface area is 165 Å². The fourth-order valence-corrected chi connectivity index (χ4v) is 3.81. The van der Waals surface area contributed by atoms with Crippen LogP contribution in [0.2, 0.25) is 0 Å². The number of hydrogen-bond donors (Lipinski definition) is 2. The highest BCUT2D eigenvalue weighted by Gasteiger charge is 2.20. The van der Waals surface area contributed by atoms with Gasteiger partial charge in [0.1, 0.15) is 5.75 Å². The maximum atomic E-state index is 5.41. The molecule has 0 aliphatic carbocycles. The standard InChI is InChI=1S/C22H38N4O/c1-17(2)15-26-12-6-7-20(16-26)14-25-22(23-4)24-11-10-19-9-8-18(3)21(13-19)27-5/h8-9,13,17,20H,6-7,10-12,14-16H2,1-5H3,(H2,23,24,25). The number of rotatable bonds is 8. The van der Waals surface area contributed by atoms with Gasteiger partial charge in [-0.05, 0) is 61.8 Å². The zero-order chi connectivity index (χ0) is 19.6. The highest BCUT2D eigenvalue weighted by molar-refractivity contribution is 5.79. The summed E-state index contributed by atoms with van der Waals surface area (Å²) in [6, 6.07) is 6.41. The lowest BCUT2D eigenvalue weighted by molar-refractivity contribution is 0.159. The fourth-order valence-electron chi connectivity index (χ4n) is 3.81. The van der Waals surface area contributed by atoms with Crippen molar-refractivity contribution >= 4 is 5.96 Å². The van der Waals surface area contributed by atoms with E-state index in [4.69, 9.17) is 4.74 Å². The van der Waals surface area contributed by atoms with E-state index in [1.54, 1.807) is 7.11 Å². The first kappa shape index (κ1) is 21.5. The molecule has 1 fully saturated rings. The molecule has 1 aromatic carbocycles. The van der Waals surface area contributed by atoms with Gasteiger partial charge in [-0.25, -0.2) is 0 Å². The van der Waals surface area contributed by atoms with E-state index in [-0.39, 0.29) is 0 Å². The van der Waals surface area contributed by atoms with Crippen LogP contribution in [-0.4, -0.2) is 57.7 Å². The van der Waals surface area contributed by atoms with E-state index in [1.165, 1.54) is 43.6 Å². The maximum Gasteiger partial charge on any atom is 0.190 e. The Morgan fingerprint density at radius 2 is 2.15 bits per heavy atom. The summed E-state index contributed by atoms with van der Waals surface area (Å²) in [5.74, 6) is 3.30.